The molecule has 110 valence electrons. The number of rotatable bonds is 3. The fraction of sp³-hybridized carbons (Fsp3) is 0.444. The Bertz CT molecular complexity index is 415. The van der Waals surface area contributed by atoms with Crippen LogP contribution in [0.1, 0.15) is 38.7 Å². The third-order valence-electron chi connectivity index (χ3n) is 4.35. The Balaban J connectivity index is 0.000000283. The first-order valence-electron chi connectivity index (χ1n) is 7.47. The number of hydrogen-bond donors (Lipinski definition) is 0. The molecule has 2 heteroatoms. The zero-order valence-corrected chi connectivity index (χ0v) is 14.5. The van der Waals surface area contributed by atoms with E-state index in [9.17, 15) is 0 Å². The van der Waals surface area contributed by atoms with Gasteiger partial charge in [0.1, 0.15) is 0 Å². The van der Waals surface area contributed by atoms with Gasteiger partial charge in [-0.15, -0.1) is 0 Å². The molecule has 0 N–H and O–H groups in total. The molecule has 0 saturated carbocycles. The summed E-state index contributed by atoms with van der Waals surface area (Å²) in [6.07, 6.45) is 7.15. The van der Waals surface area contributed by atoms with Crippen molar-refractivity contribution < 1.29 is 17.1 Å². The van der Waals surface area contributed by atoms with E-state index in [0.717, 1.165) is 0 Å². The Morgan fingerprint density at radius 2 is 1.90 bits per heavy atom. The van der Waals surface area contributed by atoms with Crippen LogP contribution in [-0.4, -0.2) is 12.3 Å². The average Bonchev–Trinajstić information content (AvgIpc) is 3.18. The van der Waals surface area contributed by atoms with Crippen molar-refractivity contribution in [3.8, 4) is 0 Å². The van der Waals surface area contributed by atoms with Gasteiger partial charge in [-0.3, -0.25) is 0 Å². The van der Waals surface area contributed by atoms with E-state index in [0.29, 0.717) is 5.16 Å². The van der Waals surface area contributed by atoms with Crippen molar-refractivity contribution >= 4 is 7.92 Å². The van der Waals surface area contributed by atoms with Crippen LogP contribution in [0, 0.1) is 0 Å². The van der Waals surface area contributed by atoms with Crippen molar-refractivity contribution in [3.05, 3.63) is 60.2 Å². The minimum Gasteiger partial charge on any atom is -0.214 e. The first kappa shape index (κ1) is 17.7. The molecule has 0 aromatic heterocycles. The van der Waals surface area contributed by atoms with Crippen LogP contribution in [0.5, 0.6) is 0 Å². The van der Waals surface area contributed by atoms with E-state index >= 15 is 0 Å². The van der Waals surface area contributed by atoms with Crippen LogP contribution >= 0.6 is 7.92 Å². The first-order chi connectivity index (χ1) is 9.33. The summed E-state index contributed by atoms with van der Waals surface area (Å²) in [6, 6.07) is 19.1. The predicted molar refractivity (Wildman–Crippen MR) is 87.6 cm³/mol. The molecular weight excluding hydrogens is 303 g/mol. The fourth-order valence-corrected chi connectivity index (χ4v) is 6.66. The second kappa shape index (κ2) is 8.83. The molecule has 0 aliphatic carbocycles. The smallest absolute Gasteiger partial charge is 0.214 e. The molecular formula is C18H25FeP. The van der Waals surface area contributed by atoms with Crippen molar-refractivity contribution in [3.63, 3.8) is 0 Å². The summed E-state index contributed by atoms with van der Waals surface area (Å²) in [7, 11) is 0.259. The van der Waals surface area contributed by atoms with Crippen LogP contribution in [0.15, 0.2) is 54.6 Å². The maximum Gasteiger partial charge on any atom is 2.00 e. The van der Waals surface area contributed by atoms with Gasteiger partial charge in [0.25, 0.3) is 0 Å². The third-order valence-corrected chi connectivity index (χ3v) is 7.97. The molecule has 0 amide bonds. The molecule has 1 aliphatic rings. The molecule has 0 spiro atoms. The summed E-state index contributed by atoms with van der Waals surface area (Å²) in [5.41, 5.74) is 1.63. The van der Waals surface area contributed by atoms with Gasteiger partial charge in [-0.05, 0) is 36.7 Å². The quantitative estimate of drug-likeness (QED) is 0.385. The minimum atomic E-state index is 0. The van der Waals surface area contributed by atoms with Gasteiger partial charge < -0.3 is 0 Å². The average molecular weight is 328 g/mol. The fourth-order valence-electron chi connectivity index (χ4n) is 3.33. The van der Waals surface area contributed by atoms with E-state index in [1.165, 1.54) is 31.6 Å². The van der Waals surface area contributed by atoms with Crippen molar-refractivity contribution in [2.45, 2.75) is 38.3 Å². The van der Waals surface area contributed by atoms with Gasteiger partial charge in [-0.25, -0.2) is 24.3 Å². The maximum absolute atomic E-state index is 2.38. The van der Waals surface area contributed by atoms with Gasteiger partial charge in [0, 0.05) is 0 Å². The Labute approximate surface area is 135 Å². The maximum atomic E-state index is 2.38. The topological polar surface area (TPSA) is 0 Å². The Hall–Kier alpha value is -0.351. The monoisotopic (exact) mass is 328 g/mol. The predicted octanol–water partition coefficient (Wildman–Crippen LogP) is 5.71. The summed E-state index contributed by atoms with van der Waals surface area (Å²) in [6.45, 7) is 4.76. The minimum absolute atomic E-state index is 0. The van der Waals surface area contributed by atoms with Gasteiger partial charge in [-0.2, -0.15) is 35.9 Å². The summed E-state index contributed by atoms with van der Waals surface area (Å²) < 4.78 is 0. The van der Waals surface area contributed by atoms with Crippen molar-refractivity contribution in [2.75, 3.05) is 12.3 Å². The Morgan fingerprint density at radius 1 is 1.15 bits per heavy atom. The Morgan fingerprint density at radius 3 is 2.35 bits per heavy atom. The molecule has 0 nitrogen and oxygen atoms in total. The third kappa shape index (κ3) is 3.85. The van der Waals surface area contributed by atoms with Crippen LogP contribution in [0.2, 0.25) is 0 Å². The van der Waals surface area contributed by atoms with E-state index in [4.69, 9.17) is 0 Å². The van der Waals surface area contributed by atoms with E-state index in [1.807, 2.05) is 30.3 Å². The van der Waals surface area contributed by atoms with Gasteiger partial charge in [0.05, 0.1) is 0 Å². The summed E-state index contributed by atoms with van der Waals surface area (Å²) in [4.78, 5) is 0. The molecule has 0 radical (unpaired) electrons. The van der Waals surface area contributed by atoms with Crippen LogP contribution in [0.4, 0.5) is 0 Å². The van der Waals surface area contributed by atoms with Crippen LogP contribution < -0.4 is 0 Å². The second-order valence-corrected chi connectivity index (χ2v) is 8.22. The zero-order valence-electron chi connectivity index (χ0n) is 12.5. The van der Waals surface area contributed by atoms with Crippen LogP contribution in [0.3, 0.4) is 0 Å². The first-order valence-corrected chi connectivity index (χ1v) is 9.18. The standard InChI is InChI=1S/C13H20P.C5H5.Fe/c1-3-13(12-8-5-6-9-12)10-7-11-14(13)4-2;1-2-4-5-3-1;/h5-6,8-9H,3-4,7,10-11H2,1-2H3;1-5H;/q2*-1;+2. The molecule has 1 heterocycles. The molecule has 3 rings (SSSR count). The molecule has 2 atom stereocenters. The van der Waals surface area contributed by atoms with E-state index < -0.39 is 0 Å². The van der Waals surface area contributed by atoms with Gasteiger partial charge >= 0.3 is 17.1 Å². The van der Waals surface area contributed by atoms with Gasteiger partial charge in [0.15, 0.2) is 0 Å². The van der Waals surface area contributed by atoms with E-state index in [2.05, 4.69) is 38.1 Å². The zero-order chi connectivity index (χ0) is 13.6. The van der Waals surface area contributed by atoms with Gasteiger partial charge in [0.2, 0.25) is 0 Å². The summed E-state index contributed by atoms with van der Waals surface area (Å²) in [5.74, 6) is 0. The summed E-state index contributed by atoms with van der Waals surface area (Å²) in [5, 5.41) is 0.591. The van der Waals surface area contributed by atoms with Crippen LogP contribution in [0.25, 0.3) is 0 Å². The second-order valence-electron chi connectivity index (χ2n) is 5.20. The molecule has 0 bridgehead atoms. The molecule has 2 aromatic carbocycles. The van der Waals surface area contributed by atoms with E-state index in [-0.39, 0.29) is 25.0 Å². The molecule has 1 saturated heterocycles. The van der Waals surface area contributed by atoms with Gasteiger partial charge in [-0.1, -0.05) is 21.8 Å². The molecule has 1 aliphatic heterocycles. The SMILES string of the molecule is CCP1CCCC1(CC)c1ccc[cH-]1.[Fe+2].c1cc[cH-]c1. The molecule has 2 aromatic rings. The molecule has 20 heavy (non-hydrogen) atoms. The van der Waals surface area contributed by atoms with Crippen molar-refractivity contribution in [1.29, 1.82) is 0 Å². The molecule has 2 unspecified atom stereocenters. The largest absolute Gasteiger partial charge is 2.00 e. The van der Waals surface area contributed by atoms with Crippen molar-refractivity contribution in [1.82, 2.24) is 0 Å². The van der Waals surface area contributed by atoms with Crippen LogP contribution in [-0.2, 0) is 22.2 Å². The number of hydrogen-bond acceptors (Lipinski definition) is 0. The van der Waals surface area contributed by atoms with Crippen molar-refractivity contribution in [2.24, 2.45) is 0 Å². The van der Waals surface area contributed by atoms with E-state index in [1.54, 1.807) is 5.56 Å². The Kier molecular flexibility index (Phi) is 7.81. The normalized spacial score (nSPS) is 24.6. The molecule has 1 fully saturated rings. The summed E-state index contributed by atoms with van der Waals surface area (Å²) >= 11 is 0.